The number of aryl methyl sites for hydroxylation is 3. The van der Waals surface area contributed by atoms with Crippen LogP contribution in [-0.2, 0) is 6.42 Å². The smallest absolute Gasteiger partial charge is 0.132 e. The van der Waals surface area contributed by atoms with Gasteiger partial charge in [0, 0.05) is 45.9 Å². The second-order valence-corrected chi connectivity index (χ2v) is 10.2. The molecule has 2 atom stereocenters. The van der Waals surface area contributed by atoms with E-state index in [1.807, 2.05) is 31.4 Å². The normalized spacial score (nSPS) is 19.7. The lowest BCUT2D eigenvalue weighted by atomic mass is 10.1. The van der Waals surface area contributed by atoms with Gasteiger partial charge in [-0.2, -0.15) is 0 Å². The first-order chi connectivity index (χ1) is 15.6. The monoisotopic (exact) mass is 445 g/mol. The number of hydrogen-bond donors (Lipinski definition) is 2. The summed E-state index contributed by atoms with van der Waals surface area (Å²) in [5.41, 5.74) is 6.37. The predicted molar refractivity (Wildman–Crippen MR) is 135 cm³/mol. The van der Waals surface area contributed by atoms with Crippen molar-refractivity contribution in [3.05, 3.63) is 52.4 Å². The van der Waals surface area contributed by atoms with Gasteiger partial charge in [0.2, 0.25) is 0 Å². The molecule has 3 aromatic heterocycles. The van der Waals surface area contributed by atoms with E-state index in [-0.39, 0.29) is 0 Å². The third-order valence-corrected chi connectivity index (χ3v) is 7.67. The third kappa shape index (κ3) is 4.56. The Hall–Kier alpha value is -2.73. The van der Waals surface area contributed by atoms with Crippen LogP contribution >= 0.6 is 11.3 Å². The van der Waals surface area contributed by atoms with Gasteiger partial charge in [-0.1, -0.05) is 19.4 Å². The summed E-state index contributed by atoms with van der Waals surface area (Å²) in [6, 6.07) is 6.77. The fraction of sp³-hybridized carbons (Fsp3) is 0.423. The molecule has 0 amide bonds. The zero-order valence-electron chi connectivity index (χ0n) is 19.1. The Balaban J connectivity index is 1.48. The lowest BCUT2D eigenvalue weighted by Gasteiger charge is -2.18. The molecule has 0 saturated heterocycles. The van der Waals surface area contributed by atoms with E-state index in [4.69, 9.17) is 9.97 Å². The van der Waals surface area contributed by atoms with Crippen LogP contribution < -0.4 is 10.6 Å². The third-order valence-electron chi connectivity index (χ3n) is 6.51. The minimum atomic E-state index is 0.508. The number of rotatable bonds is 6. The molecule has 2 aliphatic rings. The zero-order valence-corrected chi connectivity index (χ0v) is 19.9. The molecule has 1 saturated carbocycles. The maximum atomic E-state index is 4.95. The van der Waals surface area contributed by atoms with E-state index >= 15 is 0 Å². The number of pyridine rings is 2. The quantitative estimate of drug-likeness (QED) is 0.431. The molecule has 1 fully saturated rings. The van der Waals surface area contributed by atoms with Crippen molar-refractivity contribution >= 4 is 34.6 Å². The highest BCUT2D eigenvalue weighted by Crippen LogP contribution is 2.38. The standard InChI is InChI=1S/C26H31N5S/c1-4-18-9-10-19(13-18)29-23-14-25(30-20-11-16(2)28-17(3)12-20)27-15-21(23)26-31-22-7-5-6-8-24(22)32-26/h5,7,11-12,14-15,18-19H,4,6,8-10,13H2,1-3H3,(H2,27,28,29,30). The van der Waals surface area contributed by atoms with E-state index in [1.165, 1.54) is 30.6 Å². The Kier molecular flexibility index (Phi) is 5.96. The van der Waals surface area contributed by atoms with Crippen LogP contribution in [0.3, 0.4) is 0 Å². The van der Waals surface area contributed by atoms with Gasteiger partial charge in [0.25, 0.3) is 0 Å². The van der Waals surface area contributed by atoms with Crippen LogP contribution in [0, 0.1) is 19.8 Å². The van der Waals surface area contributed by atoms with E-state index in [9.17, 15) is 0 Å². The summed E-state index contributed by atoms with van der Waals surface area (Å²) >= 11 is 1.81. The van der Waals surface area contributed by atoms with Crippen LogP contribution in [0.25, 0.3) is 16.6 Å². The summed E-state index contributed by atoms with van der Waals surface area (Å²) in [7, 11) is 0. The highest BCUT2D eigenvalue weighted by Gasteiger charge is 2.25. The second-order valence-electron chi connectivity index (χ2n) is 9.08. The lowest BCUT2D eigenvalue weighted by Crippen LogP contribution is -2.16. The molecule has 6 heteroatoms. The molecule has 3 heterocycles. The van der Waals surface area contributed by atoms with Gasteiger partial charge in [-0.05, 0) is 70.1 Å². The van der Waals surface area contributed by atoms with Gasteiger partial charge in [-0.15, -0.1) is 11.3 Å². The number of nitrogens with zero attached hydrogens (tertiary/aromatic N) is 3. The van der Waals surface area contributed by atoms with Gasteiger partial charge in [0.05, 0.1) is 11.3 Å². The van der Waals surface area contributed by atoms with Gasteiger partial charge in [-0.25, -0.2) is 9.97 Å². The van der Waals surface area contributed by atoms with Gasteiger partial charge in [-0.3, -0.25) is 4.98 Å². The van der Waals surface area contributed by atoms with Crippen molar-refractivity contribution in [2.24, 2.45) is 5.92 Å². The Morgan fingerprint density at radius 1 is 1.09 bits per heavy atom. The second kappa shape index (κ2) is 9.02. The van der Waals surface area contributed by atoms with E-state index < -0.39 is 0 Å². The summed E-state index contributed by atoms with van der Waals surface area (Å²) in [4.78, 5) is 15.6. The van der Waals surface area contributed by atoms with Crippen LogP contribution in [0.5, 0.6) is 0 Å². The number of thiazole rings is 1. The molecular weight excluding hydrogens is 414 g/mol. The fourth-order valence-electron chi connectivity index (χ4n) is 4.86. The molecule has 32 heavy (non-hydrogen) atoms. The topological polar surface area (TPSA) is 62.7 Å². The van der Waals surface area contributed by atoms with E-state index in [2.05, 4.69) is 52.9 Å². The van der Waals surface area contributed by atoms with Crippen molar-refractivity contribution in [1.82, 2.24) is 15.0 Å². The Bertz CT molecular complexity index is 1130. The van der Waals surface area contributed by atoms with E-state index in [1.54, 1.807) is 0 Å². The summed E-state index contributed by atoms with van der Waals surface area (Å²) in [6.45, 7) is 6.34. The first-order valence-corrected chi connectivity index (χ1v) is 12.5. The molecule has 2 aliphatic carbocycles. The molecule has 166 valence electrons. The summed E-state index contributed by atoms with van der Waals surface area (Å²) in [5, 5.41) is 8.40. The number of fused-ring (bicyclic) bond motifs is 1. The average Bonchev–Trinajstić information content (AvgIpc) is 3.40. The minimum Gasteiger partial charge on any atom is -0.382 e. The van der Waals surface area contributed by atoms with Gasteiger partial charge in [0.1, 0.15) is 10.8 Å². The van der Waals surface area contributed by atoms with Crippen LogP contribution in [-0.4, -0.2) is 21.0 Å². The summed E-state index contributed by atoms with van der Waals surface area (Å²) in [6.07, 6.45) is 13.6. The molecule has 0 bridgehead atoms. The Labute approximate surface area is 194 Å². The van der Waals surface area contributed by atoms with Gasteiger partial charge < -0.3 is 10.6 Å². The molecular formula is C26H31N5S. The van der Waals surface area contributed by atoms with E-state index in [0.717, 1.165) is 63.6 Å². The lowest BCUT2D eigenvalue weighted by molar-refractivity contribution is 0.525. The number of nitrogens with one attached hydrogen (secondary N) is 2. The van der Waals surface area contributed by atoms with Crippen molar-refractivity contribution in [1.29, 1.82) is 0 Å². The van der Waals surface area contributed by atoms with Crippen LogP contribution in [0.15, 0.2) is 30.5 Å². The van der Waals surface area contributed by atoms with Crippen molar-refractivity contribution < 1.29 is 0 Å². The summed E-state index contributed by atoms with van der Waals surface area (Å²) in [5.74, 6) is 1.67. The predicted octanol–water partition coefficient (Wildman–Crippen LogP) is 6.91. The molecule has 0 radical (unpaired) electrons. The SMILES string of the molecule is CCC1CCC(Nc2cc(Nc3cc(C)nc(C)c3)ncc2-c2nc3c(s2)CCC=C3)C1. The molecule has 2 unspecified atom stereocenters. The van der Waals surface area contributed by atoms with Crippen molar-refractivity contribution in [3.8, 4) is 10.6 Å². The average molecular weight is 446 g/mol. The molecule has 5 nitrogen and oxygen atoms in total. The largest absolute Gasteiger partial charge is 0.382 e. The molecule has 3 aromatic rings. The van der Waals surface area contributed by atoms with Crippen LogP contribution in [0.2, 0.25) is 0 Å². The molecule has 2 N–H and O–H groups in total. The Morgan fingerprint density at radius 3 is 2.69 bits per heavy atom. The number of hydrogen-bond acceptors (Lipinski definition) is 6. The zero-order chi connectivity index (χ0) is 22.1. The fourth-order valence-corrected chi connectivity index (χ4v) is 5.95. The van der Waals surface area contributed by atoms with Crippen molar-refractivity contribution in [2.75, 3.05) is 10.6 Å². The van der Waals surface area contributed by atoms with Crippen molar-refractivity contribution in [2.45, 2.75) is 65.3 Å². The van der Waals surface area contributed by atoms with Gasteiger partial charge >= 0.3 is 0 Å². The minimum absolute atomic E-state index is 0.508. The number of aromatic nitrogens is 3. The van der Waals surface area contributed by atoms with E-state index in [0.29, 0.717) is 6.04 Å². The molecule has 0 spiro atoms. The van der Waals surface area contributed by atoms with Gasteiger partial charge in [0.15, 0.2) is 0 Å². The van der Waals surface area contributed by atoms with Crippen LogP contribution in [0.4, 0.5) is 17.2 Å². The van der Waals surface area contributed by atoms with Crippen LogP contribution in [0.1, 0.15) is 61.0 Å². The maximum Gasteiger partial charge on any atom is 0.132 e. The summed E-state index contributed by atoms with van der Waals surface area (Å²) < 4.78 is 0. The molecule has 0 aliphatic heterocycles. The first-order valence-electron chi connectivity index (χ1n) is 11.7. The highest BCUT2D eigenvalue weighted by molar-refractivity contribution is 7.15. The Morgan fingerprint density at radius 2 is 1.94 bits per heavy atom. The number of anilines is 3. The molecule has 0 aromatic carbocycles. The number of allylic oxidation sites excluding steroid dienone is 1. The van der Waals surface area contributed by atoms with Crippen molar-refractivity contribution in [3.63, 3.8) is 0 Å². The maximum absolute atomic E-state index is 4.95. The molecule has 5 rings (SSSR count). The highest BCUT2D eigenvalue weighted by atomic mass is 32.1. The first kappa shape index (κ1) is 21.1.